The molecule has 1 rings (SSSR count). The summed E-state index contributed by atoms with van der Waals surface area (Å²) in [4.78, 5) is 10.7. The Morgan fingerprint density at radius 2 is 2.00 bits per heavy atom. The zero-order chi connectivity index (χ0) is 11.1. The van der Waals surface area contributed by atoms with Crippen LogP contribution in [0.15, 0.2) is 24.3 Å². The van der Waals surface area contributed by atoms with Crippen molar-refractivity contribution in [1.29, 1.82) is 0 Å². The van der Waals surface area contributed by atoms with Crippen LogP contribution in [0.2, 0.25) is 0 Å². The predicted octanol–water partition coefficient (Wildman–Crippen LogP) is 1.76. The monoisotopic (exact) mass is 207 g/mol. The fourth-order valence-electron chi connectivity index (χ4n) is 1.25. The third-order valence-corrected chi connectivity index (χ3v) is 1.94. The number of hydrogen-bond donors (Lipinski definition) is 1. The van der Waals surface area contributed by atoms with E-state index in [-0.39, 0.29) is 5.78 Å². The lowest BCUT2D eigenvalue weighted by atomic mass is 10.2. The molecule has 0 radical (unpaired) electrons. The molecule has 0 aliphatic rings. The Kier molecular flexibility index (Phi) is 4.84. The van der Waals surface area contributed by atoms with Gasteiger partial charge in [0.2, 0.25) is 0 Å². The Balaban J connectivity index is 2.39. The van der Waals surface area contributed by atoms with Crippen LogP contribution in [0.25, 0.3) is 0 Å². The maximum absolute atomic E-state index is 10.7. The van der Waals surface area contributed by atoms with E-state index in [2.05, 4.69) is 5.32 Å². The minimum Gasteiger partial charge on any atom is -0.494 e. The molecule has 82 valence electrons. The summed E-state index contributed by atoms with van der Waals surface area (Å²) in [6.45, 7) is 5.36. The highest BCUT2D eigenvalue weighted by Gasteiger charge is 1.96. The minimum absolute atomic E-state index is 0.154. The summed E-state index contributed by atoms with van der Waals surface area (Å²) in [7, 11) is 0. The lowest BCUT2D eigenvalue weighted by molar-refractivity contribution is -0.116. The predicted molar refractivity (Wildman–Crippen MR) is 60.0 cm³/mol. The highest BCUT2D eigenvalue weighted by Crippen LogP contribution is 2.11. The van der Waals surface area contributed by atoms with Crippen molar-refractivity contribution in [3.63, 3.8) is 0 Å². The van der Waals surface area contributed by atoms with Crippen molar-refractivity contribution in [1.82, 2.24) is 5.32 Å². The van der Waals surface area contributed by atoms with Crippen molar-refractivity contribution in [2.75, 3.05) is 13.2 Å². The van der Waals surface area contributed by atoms with Gasteiger partial charge in [0.05, 0.1) is 13.2 Å². The first kappa shape index (κ1) is 11.7. The lowest BCUT2D eigenvalue weighted by Crippen LogP contribution is -2.20. The van der Waals surface area contributed by atoms with Gasteiger partial charge in [-0.15, -0.1) is 0 Å². The number of nitrogens with one attached hydrogen (secondary N) is 1. The molecule has 1 aromatic carbocycles. The average Bonchev–Trinajstić information content (AvgIpc) is 2.20. The van der Waals surface area contributed by atoms with Crippen molar-refractivity contribution in [2.24, 2.45) is 0 Å². The van der Waals surface area contributed by atoms with Crippen LogP contribution in [0.1, 0.15) is 19.4 Å². The highest BCUT2D eigenvalue weighted by atomic mass is 16.5. The maximum Gasteiger partial charge on any atom is 0.143 e. The zero-order valence-electron chi connectivity index (χ0n) is 9.25. The molecular weight excluding hydrogens is 190 g/mol. The molecule has 0 unspecified atom stereocenters. The first-order chi connectivity index (χ1) is 7.22. The molecule has 3 nitrogen and oxygen atoms in total. The van der Waals surface area contributed by atoms with Crippen LogP contribution in [0.3, 0.4) is 0 Å². The topological polar surface area (TPSA) is 38.3 Å². The fourth-order valence-corrected chi connectivity index (χ4v) is 1.25. The van der Waals surface area contributed by atoms with Gasteiger partial charge < -0.3 is 10.1 Å². The molecule has 0 saturated heterocycles. The molecule has 0 heterocycles. The molecule has 1 aromatic rings. The van der Waals surface area contributed by atoms with Gasteiger partial charge in [0.25, 0.3) is 0 Å². The van der Waals surface area contributed by atoms with E-state index in [1.165, 1.54) is 0 Å². The summed E-state index contributed by atoms with van der Waals surface area (Å²) in [6, 6.07) is 7.87. The SMILES string of the molecule is CCOc1ccc(CNCC(C)=O)cc1. The van der Waals surface area contributed by atoms with Crippen LogP contribution < -0.4 is 10.1 Å². The molecular formula is C12H17NO2. The van der Waals surface area contributed by atoms with Gasteiger partial charge in [-0.2, -0.15) is 0 Å². The van der Waals surface area contributed by atoms with Crippen LogP contribution in [0, 0.1) is 0 Å². The van der Waals surface area contributed by atoms with Gasteiger partial charge in [-0.1, -0.05) is 12.1 Å². The Morgan fingerprint density at radius 1 is 1.33 bits per heavy atom. The van der Waals surface area contributed by atoms with Crippen molar-refractivity contribution >= 4 is 5.78 Å². The van der Waals surface area contributed by atoms with Gasteiger partial charge in [0, 0.05) is 6.54 Å². The number of hydrogen-bond acceptors (Lipinski definition) is 3. The fraction of sp³-hybridized carbons (Fsp3) is 0.417. The van der Waals surface area contributed by atoms with Gasteiger partial charge in [-0.3, -0.25) is 4.79 Å². The second kappa shape index (κ2) is 6.19. The lowest BCUT2D eigenvalue weighted by Gasteiger charge is -2.05. The van der Waals surface area contributed by atoms with E-state index in [9.17, 15) is 4.79 Å². The summed E-state index contributed by atoms with van der Waals surface area (Å²) in [5.41, 5.74) is 1.15. The van der Waals surface area contributed by atoms with E-state index in [1.807, 2.05) is 31.2 Å². The van der Waals surface area contributed by atoms with Crippen molar-refractivity contribution < 1.29 is 9.53 Å². The number of benzene rings is 1. The third kappa shape index (κ3) is 4.61. The number of ketones is 1. The van der Waals surface area contributed by atoms with Crippen molar-refractivity contribution in [3.8, 4) is 5.75 Å². The smallest absolute Gasteiger partial charge is 0.143 e. The third-order valence-electron chi connectivity index (χ3n) is 1.94. The molecule has 0 bridgehead atoms. The molecule has 0 aliphatic heterocycles. The molecule has 0 fully saturated rings. The maximum atomic E-state index is 10.7. The molecule has 0 amide bonds. The molecule has 0 saturated carbocycles. The number of Topliss-reactive ketones (excluding diaryl/α,β-unsaturated/α-hetero) is 1. The zero-order valence-corrected chi connectivity index (χ0v) is 9.25. The molecule has 0 spiro atoms. The average molecular weight is 207 g/mol. The summed E-state index contributed by atoms with van der Waals surface area (Å²) in [6.07, 6.45) is 0. The van der Waals surface area contributed by atoms with E-state index in [1.54, 1.807) is 6.92 Å². The van der Waals surface area contributed by atoms with Crippen molar-refractivity contribution in [2.45, 2.75) is 20.4 Å². The number of ether oxygens (including phenoxy) is 1. The molecule has 1 N–H and O–H groups in total. The summed E-state index contributed by atoms with van der Waals surface area (Å²) >= 11 is 0. The standard InChI is InChI=1S/C12H17NO2/c1-3-15-12-6-4-11(5-7-12)9-13-8-10(2)14/h4-7,13H,3,8-9H2,1-2H3. The second-order valence-corrected chi connectivity index (χ2v) is 3.38. The van der Waals surface area contributed by atoms with E-state index >= 15 is 0 Å². The molecule has 3 heteroatoms. The van der Waals surface area contributed by atoms with Gasteiger partial charge in [-0.25, -0.2) is 0 Å². The molecule has 0 aromatic heterocycles. The highest BCUT2D eigenvalue weighted by molar-refractivity contribution is 5.77. The van der Waals surface area contributed by atoms with Gasteiger partial charge in [-0.05, 0) is 31.5 Å². The van der Waals surface area contributed by atoms with Gasteiger partial charge in [0.1, 0.15) is 11.5 Å². The van der Waals surface area contributed by atoms with Crippen LogP contribution in [0.5, 0.6) is 5.75 Å². The Bertz CT molecular complexity index is 306. The van der Waals surface area contributed by atoms with Crippen molar-refractivity contribution in [3.05, 3.63) is 29.8 Å². The first-order valence-electron chi connectivity index (χ1n) is 5.14. The van der Waals surface area contributed by atoms with Crippen LogP contribution in [-0.2, 0) is 11.3 Å². The van der Waals surface area contributed by atoms with E-state index in [4.69, 9.17) is 4.74 Å². The quantitative estimate of drug-likeness (QED) is 0.772. The van der Waals surface area contributed by atoms with E-state index < -0.39 is 0 Å². The molecule has 0 atom stereocenters. The molecule has 15 heavy (non-hydrogen) atoms. The molecule has 0 aliphatic carbocycles. The number of rotatable bonds is 6. The Hall–Kier alpha value is -1.35. The minimum atomic E-state index is 0.154. The van der Waals surface area contributed by atoms with E-state index in [0.717, 1.165) is 11.3 Å². The summed E-state index contributed by atoms with van der Waals surface area (Å²) in [5.74, 6) is 1.04. The normalized spacial score (nSPS) is 10.0. The van der Waals surface area contributed by atoms with Gasteiger partial charge in [0.15, 0.2) is 0 Å². The van der Waals surface area contributed by atoms with Crippen LogP contribution in [0.4, 0.5) is 0 Å². The second-order valence-electron chi connectivity index (χ2n) is 3.38. The largest absolute Gasteiger partial charge is 0.494 e. The Labute approximate surface area is 90.4 Å². The number of carbonyl (C=O) groups excluding carboxylic acids is 1. The number of carbonyl (C=O) groups is 1. The summed E-state index contributed by atoms with van der Waals surface area (Å²) in [5, 5.41) is 3.06. The van der Waals surface area contributed by atoms with Crippen LogP contribution in [-0.4, -0.2) is 18.9 Å². The Morgan fingerprint density at radius 3 is 2.53 bits per heavy atom. The summed E-state index contributed by atoms with van der Waals surface area (Å²) < 4.78 is 5.33. The van der Waals surface area contributed by atoms with Gasteiger partial charge >= 0.3 is 0 Å². The first-order valence-corrected chi connectivity index (χ1v) is 5.14. The van der Waals surface area contributed by atoms with E-state index in [0.29, 0.717) is 19.7 Å². The van der Waals surface area contributed by atoms with Crippen LogP contribution >= 0.6 is 0 Å².